The molecule has 1 N–H and O–H groups in total. The number of carbonyl (C=O) groups excluding carboxylic acids is 1. The van der Waals surface area contributed by atoms with Crippen LogP contribution < -0.4 is 11.0 Å². The lowest BCUT2D eigenvalue weighted by molar-refractivity contribution is 0.102. The molecule has 0 aliphatic carbocycles. The number of pyridine rings is 1. The second kappa shape index (κ2) is 7.35. The SMILES string of the molecule is CCSc1cc(C(=O)Nc2ccc(-n3ncn(C)c3=O)cc2)ccn1. The predicted octanol–water partition coefficient (Wildman–Crippen LogP) is 2.33. The molecule has 0 atom stereocenters. The maximum Gasteiger partial charge on any atom is 0.350 e. The number of hydrogen-bond acceptors (Lipinski definition) is 5. The third-order valence-corrected chi connectivity index (χ3v) is 4.29. The number of rotatable bonds is 5. The fourth-order valence-electron chi connectivity index (χ4n) is 2.22. The number of nitrogens with one attached hydrogen (secondary N) is 1. The lowest BCUT2D eigenvalue weighted by Crippen LogP contribution is -2.21. The van der Waals surface area contributed by atoms with Gasteiger partial charge in [0.1, 0.15) is 6.33 Å². The normalized spacial score (nSPS) is 10.6. The van der Waals surface area contributed by atoms with Gasteiger partial charge in [-0.15, -0.1) is 11.8 Å². The molecule has 0 aliphatic heterocycles. The average Bonchev–Trinajstić information content (AvgIpc) is 2.95. The van der Waals surface area contributed by atoms with E-state index in [9.17, 15) is 9.59 Å². The molecule has 8 heteroatoms. The van der Waals surface area contributed by atoms with Crippen LogP contribution in [0.2, 0.25) is 0 Å². The van der Waals surface area contributed by atoms with Crippen LogP contribution >= 0.6 is 11.8 Å². The Kier molecular flexibility index (Phi) is 4.99. The van der Waals surface area contributed by atoms with Crippen LogP contribution in [0.3, 0.4) is 0 Å². The Hall–Kier alpha value is -2.87. The number of thioether (sulfide) groups is 1. The number of carbonyl (C=O) groups is 1. The number of hydrogen-bond donors (Lipinski definition) is 1. The zero-order valence-electron chi connectivity index (χ0n) is 13.8. The second-order valence-electron chi connectivity index (χ2n) is 5.25. The van der Waals surface area contributed by atoms with Crippen LogP contribution in [0, 0.1) is 0 Å². The third-order valence-electron chi connectivity index (χ3n) is 3.48. The van der Waals surface area contributed by atoms with Gasteiger partial charge in [-0.2, -0.15) is 9.78 Å². The molecule has 3 rings (SSSR count). The summed E-state index contributed by atoms with van der Waals surface area (Å²) >= 11 is 1.58. The molecule has 0 saturated carbocycles. The Balaban J connectivity index is 1.75. The largest absolute Gasteiger partial charge is 0.350 e. The highest BCUT2D eigenvalue weighted by Gasteiger charge is 2.09. The van der Waals surface area contributed by atoms with E-state index in [1.54, 1.807) is 61.4 Å². The van der Waals surface area contributed by atoms with Gasteiger partial charge in [0, 0.05) is 24.5 Å². The van der Waals surface area contributed by atoms with Crippen LogP contribution in [0.4, 0.5) is 5.69 Å². The molecular formula is C17H17N5O2S. The number of amides is 1. The van der Waals surface area contributed by atoms with Gasteiger partial charge >= 0.3 is 5.69 Å². The lowest BCUT2D eigenvalue weighted by Gasteiger charge is -2.07. The predicted molar refractivity (Wildman–Crippen MR) is 97.4 cm³/mol. The maximum absolute atomic E-state index is 12.4. The third kappa shape index (κ3) is 3.80. The Morgan fingerprint density at radius 2 is 2.00 bits per heavy atom. The minimum Gasteiger partial charge on any atom is -0.322 e. The topological polar surface area (TPSA) is 81.8 Å². The number of benzene rings is 1. The Morgan fingerprint density at radius 3 is 2.64 bits per heavy atom. The van der Waals surface area contributed by atoms with Crippen LogP contribution in [0.1, 0.15) is 17.3 Å². The number of anilines is 1. The highest BCUT2D eigenvalue weighted by molar-refractivity contribution is 7.99. The summed E-state index contributed by atoms with van der Waals surface area (Å²) in [6, 6.07) is 10.4. The second-order valence-corrected chi connectivity index (χ2v) is 6.54. The van der Waals surface area contributed by atoms with Crippen LogP contribution in [0.25, 0.3) is 5.69 Å². The van der Waals surface area contributed by atoms with Crippen molar-refractivity contribution in [3.8, 4) is 5.69 Å². The monoisotopic (exact) mass is 355 g/mol. The van der Waals surface area contributed by atoms with Gasteiger partial charge in [0.2, 0.25) is 0 Å². The highest BCUT2D eigenvalue weighted by atomic mass is 32.2. The minimum atomic E-state index is -0.227. The van der Waals surface area contributed by atoms with E-state index in [1.165, 1.54) is 15.6 Å². The molecule has 0 saturated heterocycles. The van der Waals surface area contributed by atoms with E-state index in [0.29, 0.717) is 16.9 Å². The van der Waals surface area contributed by atoms with Gasteiger partial charge in [-0.1, -0.05) is 6.92 Å². The summed E-state index contributed by atoms with van der Waals surface area (Å²) in [5.74, 6) is 0.690. The van der Waals surface area contributed by atoms with Crippen molar-refractivity contribution in [2.45, 2.75) is 11.9 Å². The molecule has 1 aromatic carbocycles. The molecule has 0 fully saturated rings. The lowest BCUT2D eigenvalue weighted by atomic mass is 10.2. The van der Waals surface area contributed by atoms with Crippen LogP contribution in [-0.2, 0) is 7.05 Å². The Morgan fingerprint density at radius 1 is 1.24 bits per heavy atom. The molecule has 0 unspecified atom stereocenters. The summed E-state index contributed by atoms with van der Waals surface area (Å²) in [6.07, 6.45) is 3.08. The average molecular weight is 355 g/mol. The molecule has 0 spiro atoms. The maximum atomic E-state index is 12.4. The van der Waals surface area contributed by atoms with Crippen molar-refractivity contribution in [2.24, 2.45) is 7.05 Å². The zero-order chi connectivity index (χ0) is 17.8. The van der Waals surface area contributed by atoms with E-state index < -0.39 is 0 Å². The van der Waals surface area contributed by atoms with Crippen molar-refractivity contribution in [1.29, 1.82) is 0 Å². The number of nitrogens with zero attached hydrogens (tertiary/aromatic N) is 4. The summed E-state index contributed by atoms with van der Waals surface area (Å²) in [4.78, 5) is 28.5. The van der Waals surface area contributed by atoms with Gasteiger partial charge in [-0.3, -0.25) is 9.36 Å². The summed E-state index contributed by atoms with van der Waals surface area (Å²) in [7, 11) is 1.64. The van der Waals surface area contributed by atoms with Crippen molar-refractivity contribution in [3.05, 3.63) is 65.0 Å². The van der Waals surface area contributed by atoms with Gasteiger partial charge in [0.05, 0.1) is 10.7 Å². The first kappa shape index (κ1) is 17.0. The molecule has 0 bridgehead atoms. The van der Waals surface area contributed by atoms with Gasteiger partial charge in [-0.05, 0) is 42.2 Å². The molecule has 3 aromatic rings. The number of aromatic nitrogens is 4. The van der Waals surface area contributed by atoms with Crippen molar-refractivity contribution in [3.63, 3.8) is 0 Å². The van der Waals surface area contributed by atoms with Gasteiger partial charge in [0.25, 0.3) is 5.91 Å². The van der Waals surface area contributed by atoms with Gasteiger partial charge in [0.15, 0.2) is 0 Å². The van der Waals surface area contributed by atoms with Crippen molar-refractivity contribution in [1.82, 2.24) is 19.3 Å². The molecule has 128 valence electrons. The molecule has 0 aliphatic rings. The van der Waals surface area contributed by atoms with E-state index in [2.05, 4.69) is 15.4 Å². The zero-order valence-corrected chi connectivity index (χ0v) is 14.7. The van der Waals surface area contributed by atoms with E-state index in [1.807, 2.05) is 6.92 Å². The molecular weight excluding hydrogens is 338 g/mol. The summed E-state index contributed by atoms with van der Waals surface area (Å²) in [5, 5.41) is 7.68. The summed E-state index contributed by atoms with van der Waals surface area (Å²) in [6.45, 7) is 2.04. The van der Waals surface area contributed by atoms with E-state index >= 15 is 0 Å². The van der Waals surface area contributed by atoms with E-state index in [-0.39, 0.29) is 11.6 Å². The highest BCUT2D eigenvalue weighted by Crippen LogP contribution is 2.17. The van der Waals surface area contributed by atoms with Crippen molar-refractivity contribution >= 4 is 23.4 Å². The first-order chi connectivity index (χ1) is 12.1. The fourth-order valence-corrected chi connectivity index (χ4v) is 2.86. The van der Waals surface area contributed by atoms with Gasteiger partial charge < -0.3 is 5.32 Å². The molecule has 0 radical (unpaired) electrons. The Bertz CT molecular complexity index is 946. The molecule has 1 amide bonds. The van der Waals surface area contributed by atoms with Gasteiger partial charge in [-0.25, -0.2) is 9.78 Å². The molecule has 25 heavy (non-hydrogen) atoms. The van der Waals surface area contributed by atoms with Crippen molar-refractivity contribution < 1.29 is 4.79 Å². The fraction of sp³-hybridized carbons (Fsp3) is 0.176. The summed E-state index contributed by atoms with van der Waals surface area (Å²) < 4.78 is 2.69. The molecule has 7 nitrogen and oxygen atoms in total. The molecule has 2 aromatic heterocycles. The van der Waals surface area contributed by atoms with Crippen LogP contribution in [0.15, 0.2) is 58.7 Å². The smallest absolute Gasteiger partial charge is 0.322 e. The first-order valence-corrected chi connectivity index (χ1v) is 8.68. The number of aryl methyl sites for hydroxylation is 1. The minimum absolute atomic E-state index is 0.205. The quantitative estimate of drug-likeness (QED) is 0.711. The van der Waals surface area contributed by atoms with E-state index in [0.717, 1.165) is 10.8 Å². The van der Waals surface area contributed by atoms with E-state index in [4.69, 9.17) is 0 Å². The standard InChI is InChI=1S/C17H17N5O2S/c1-3-25-15-10-12(8-9-18-15)16(23)20-13-4-6-14(7-5-13)22-17(24)21(2)11-19-22/h4-11H,3H2,1-2H3,(H,20,23). The first-order valence-electron chi connectivity index (χ1n) is 7.70. The molecule has 2 heterocycles. The van der Waals surface area contributed by atoms with Crippen molar-refractivity contribution in [2.75, 3.05) is 11.1 Å². The summed E-state index contributed by atoms with van der Waals surface area (Å²) in [5.41, 5.74) is 1.60. The van der Waals surface area contributed by atoms with Crippen LogP contribution in [-0.4, -0.2) is 31.0 Å². The van der Waals surface area contributed by atoms with Crippen LogP contribution in [0.5, 0.6) is 0 Å². The Labute approximate surface area is 148 Å².